The lowest BCUT2D eigenvalue weighted by Crippen LogP contribution is -2.23. The molecule has 1 aliphatic heterocycles. The van der Waals surface area contributed by atoms with E-state index in [1.165, 1.54) is 11.8 Å². The van der Waals surface area contributed by atoms with Crippen LogP contribution in [0.4, 0.5) is 5.82 Å². The molecule has 5 N–H and O–H groups in total. The summed E-state index contributed by atoms with van der Waals surface area (Å²) in [5.74, 6) is 0.0171. The lowest BCUT2D eigenvalue weighted by atomic mass is 10.1. The molecular weight excluding hydrogens is 382 g/mol. The second-order valence-electron chi connectivity index (χ2n) is 7.06. The molecule has 0 bridgehead atoms. The molecule has 152 valence electrons. The van der Waals surface area contributed by atoms with E-state index in [-0.39, 0.29) is 17.4 Å². The molecule has 0 aliphatic carbocycles. The van der Waals surface area contributed by atoms with Crippen LogP contribution in [0.25, 0.3) is 0 Å². The minimum Gasteiger partial charge on any atom is -0.493 e. The van der Waals surface area contributed by atoms with E-state index in [2.05, 4.69) is 21.4 Å². The van der Waals surface area contributed by atoms with Crippen LogP contribution in [-0.4, -0.2) is 28.4 Å². The van der Waals surface area contributed by atoms with Crippen molar-refractivity contribution < 1.29 is 14.3 Å². The molecule has 1 aromatic heterocycles. The zero-order chi connectivity index (χ0) is 21.1. The predicted octanol–water partition coefficient (Wildman–Crippen LogP) is 1.61. The Morgan fingerprint density at radius 1 is 1.13 bits per heavy atom. The molecule has 0 saturated heterocycles. The Morgan fingerprint density at radius 2 is 2.00 bits per heavy atom. The quantitative estimate of drug-likeness (QED) is 0.573. The van der Waals surface area contributed by atoms with Crippen LogP contribution >= 0.6 is 0 Å². The Hall–Kier alpha value is -3.94. The summed E-state index contributed by atoms with van der Waals surface area (Å²) in [6.45, 7) is 1.14. The zero-order valence-electron chi connectivity index (χ0n) is 16.2. The Balaban J connectivity index is 1.43. The van der Waals surface area contributed by atoms with Gasteiger partial charge in [0.1, 0.15) is 5.75 Å². The number of nitrogens with one attached hydrogen (secondary N) is 1. The molecule has 8 heteroatoms. The van der Waals surface area contributed by atoms with Crippen molar-refractivity contribution in [3.05, 3.63) is 82.3 Å². The lowest BCUT2D eigenvalue weighted by molar-refractivity contribution is 0.0949. The summed E-state index contributed by atoms with van der Waals surface area (Å²) in [6.07, 6.45) is 2.77. The van der Waals surface area contributed by atoms with Gasteiger partial charge in [0.05, 0.1) is 18.5 Å². The number of aromatic nitrogens is 2. The molecule has 0 unspecified atom stereocenters. The zero-order valence-corrected chi connectivity index (χ0v) is 16.2. The SMILES string of the molecule is NC(=O)c1nc(Cc2cccc(C(=O)NCc3ccc4c(c3)CCO4)c2)cnc1N. The molecule has 0 radical (unpaired) electrons. The van der Waals surface area contributed by atoms with Crippen molar-refractivity contribution in [2.24, 2.45) is 5.73 Å². The van der Waals surface area contributed by atoms with Crippen LogP contribution in [0.15, 0.2) is 48.7 Å². The molecule has 0 saturated carbocycles. The molecule has 0 fully saturated rings. The van der Waals surface area contributed by atoms with E-state index in [9.17, 15) is 9.59 Å². The van der Waals surface area contributed by atoms with Crippen molar-refractivity contribution in [1.29, 1.82) is 0 Å². The Bertz CT molecular complexity index is 1130. The van der Waals surface area contributed by atoms with Crippen LogP contribution in [-0.2, 0) is 19.4 Å². The summed E-state index contributed by atoms with van der Waals surface area (Å²) in [4.78, 5) is 32.1. The lowest BCUT2D eigenvalue weighted by Gasteiger charge is -2.09. The Kier molecular flexibility index (Phi) is 5.30. The third kappa shape index (κ3) is 4.22. The van der Waals surface area contributed by atoms with E-state index in [1.54, 1.807) is 18.2 Å². The van der Waals surface area contributed by atoms with Crippen molar-refractivity contribution in [1.82, 2.24) is 15.3 Å². The number of nitrogens with two attached hydrogens (primary N) is 2. The second-order valence-corrected chi connectivity index (χ2v) is 7.06. The first-order valence-electron chi connectivity index (χ1n) is 9.52. The Morgan fingerprint density at radius 3 is 2.83 bits per heavy atom. The van der Waals surface area contributed by atoms with E-state index in [0.717, 1.165) is 23.3 Å². The number of nitrogens with zero attached hydrogens (tertiary/aromatic N) is 2. The number of hydrogen-bond acceptors (Lipinski definition) is 6. The topological polar surface area (TPSA) is 133 Å². The van der Waals surface area contributed by atoms with Crippen molar-refractivity contribution in [2.45, 2.75) is 19.4 Å². The first kappa shape index (κ1) is 19.4. The van der Waals surface area contributed by atoms with Crippen LogP contribution < -0.4 is 21.5 Å². The van der Waals surface area contributed by atoms with Crippen molar-refractivity contribution >= 4 is 17.6 Å². The molecule has 3 aromatic rings. The highest BCUT2D eigenvalue weighted by Gasteiger charge is 2.14. The van der Waals surface area contributed by atoms with Gasteiger partial charge in [0.15, 0.2) is 11.5 Å². The second kappa shape index (κ2) is 8.20. The first-order valence-corrected chi connectivity index (χ1v) is 9.52. The number of primary amides is 1. The molecular formula is C22H21N5O3. The minimum absolute atomic E-state index is 0.00232. The van der Waals surface area contributed by atoms with Crippen molar-refractivity contribution in [3.63, 3.8) is 0 Å². The highest BCUT2D eigenvalue weighted by Crippen LogP contribution is 2.25. The molecule has 2 heterocycles. The maximum atomic E-state index is 12.6. The maximum Gasteiger partial charge on any atom is 0.271 e. The predicted molar refractivity (Wildman–Crippen MR) is 111 cm³/mol. The maximum absolute atomic E-state index is 12.6. The number of benzene rings is 2. The third-order valence-corrected chi connectivity index (χ3v) is 4.87. The average molecular weight is 403 g/mol. The third-order valence-electron chi connectivity index (χ3n) is 4.87. The monoisotopic (exact) mass is 403 g/mol. The van der Waals surface area contributed by atoms with Gasteiger partial charge in [-0.15, -0.1) is 0 Å². The fourth-order valence-corrected chi connectivity index (χ4v) is 3.37. The number of fused-ring (bicyclic) bond motifs is 1. The highest BCUT2D eigenvalue weighted by atomic mass is 16.5. The molecule has 0 atom stereocenters. The molecule has 0 spiro atoms. The summed E-state index contributed by atoms with van der Waals surface area (Å²) in [6, 6.07) is 13.2. The van der Waals surface area contributed by atoms with Gasteiger partial charge in [-0.3, -0.25) is 9.59 Å². The van der Waals surface area contributed by atoms with Gasteiger partial charge in [-0.2, -0.15) is 0 Å². The number of amides is 2. The van der Waals surface area contributed by atoms with E-state index in [0.29, 0.717) is 30.8 Å². The van der Waals surface area contributed by atoms with Crippen LogP contribution in [0, 0.1) is 0 Å². The van der Waals surface area contributed by atoms with Crippen LogP contribution in [0.1, 0.15) is 43.2 Å². The average Bonchev–Trinajstić information content (AvgIpc) is 3.21. The van der Waals surface area contributed by atoms with Gasteiger partial charge < -0.3 is 21.5 Å². The largest absolute Gasteiger partial charge is 0.493 e. The van der Waals surface area contributed by atoms with Crippen LogP contribution in [0.5, 0.6) is 5.75 Å². The molecule has 4 rings (SSSR count). The number of ether oxygens (including phenoxy) is 1. The van der Waals surface area contributed by atoms with E-state index in [4.69, 9.17) is 16.2 Å². The number of carbonyl (C=O) groups is 2. The summed E-state index contributed by atoms with van der Waals surface area (Å²) < 4.78 is 5.51. The van der Waals surface area contributed by atoms with Gasteiger partial charge in [-0.1, -0.05) is 24.3 Å². The number of hydrogen-bond donors (Lipinski definition) is 3. The first-order chi connectivity index (χ1) is 14.5. The normalized spacial score (nSPS) is 12.1. The molecule has 30 heavy (non-hydrogen) atoms. The molecule has 1 aliphatic rings. The van der Waals surface area contributed by atoms with E-state index in [1.807, 2.05) is 18.2 Å². The number of rotatable bonds is 6. The molecule has 2 amide bonds. The fourth-order valence-electron chi connectivity index (χ4n) is 3.37. The van der Waals surface area contributed by atoms with Crippen molar-refractivity contribution in [3.8, 4) is 5.75 Å². The van der Waals surface area contributed by atoms with Crippen molar-refractivity contribution in [2.75, 3.05) is 12.3 Å². The van der Waals surface area contributed by atoms with Crippen LogP contribution in [0.3, 0.4) is 0 Å². The van der Waals surface area contributed by atoms with Gasteiger partial charge in [-0.05, 0) is 34.9 Å². The number of nitrogen functional groups attached to an aromatic ring is 1. The summed E-state index contributed by atoms with van der Waals surface area (Å²) in [5.41, 5.74) is 15.0. The van der Waals surface area contributed by atoms with Crippen LogP contribution in [0.2, 0.25) is 0 Å². The van der Waals surface area contributed by atoms with Gasteiger partial charge in [-0.25, -0.2) is 9.97 Å². The molecule has 2 aromatic carbocycles. The van der Waals surface area contributed by atoms with Gasteiger partial charge in [0.2, 0.25) is 0 Å². The Labute approximate surface area is 173 Å². The summed E-state index contributed by atoms with van der Waals surface area (Å²) in [7, 11) is 0. The molecule has 8 nitrogen and oxygen atoms in total. The van der Waals surface area contributed by atoms with E-state index >= 15 is 0 Å². The smallest absolute Gasteiger partial charge is 0.271 e. The summed E-state index contributed by atoms with van der Waals surface area (Å²) in [5, 5.41) is 2.94. The number of carbonyl (C=O) groups excluding carboxylic acids is 2. The van der Waals surface area contributed by atoms with Gasteiger partial charge in [0.25, 0.3) is 11.8 Å². The minimum atomic E-state index is -0.729. The summed E-state index contributed by atoms with van der Waals surface area (Å²) >= 11 is 0. The standard InChI is InChI=1S/C22H21N5O3/c23-20-19(21(24)28)27-17(12-25-20)10-13-2-1-3-16(8-13)22(29)26-11-14-4-5-18-15(9-14)6-7-30-18/h1-5,8-9,12H,6-7,10-11H2,(H2,23,25)(H2,24,28)(H,26,29). The number of anilines is 1. The van der Waals surface area contributed by atoms with E-state index < -0.39 is 5.91 Å². The van der Waals surface area contributed by atoms with Gasteiger partial charge in [0, 0.05) is 24.9 Å². The fraction of sp³-hybridized carbons (Fsp3) is 0.182. The highest BCUT2D eigenvalue weighted by molar-refractivity contribution is 5.95. The van der Waals surface area contributed by atoms with Gasteiger partial charge >= 0.3 is 0 Å².